The highest BCUT2D eigenvalue weighted by molar-refractivity contribution is 5.87. The number of carbonyl (C=O) groups is 1. The van der Waals surface area contributed by atoms with E-state index in [-0.39, 0.29) is 17.6 Å². The zero-order chi connectivity index (χ0) is 23.8. The van der Waals surface area contributed by atoms with Gasteiger partial charge in [-0.05, 0) is 94.0 Å². The van der Waals surface area contributed by atoms with Crippen LogP contribution in [0.2, 0.25) is 0 Å². The van der Waals surface area contributed by atoms with Crippen molar-refractivity contribution in [2.75, 3.05) is 0 Å². The van der Waals surface area contributed by atoms with E-state index in [1.165, 1.54) is 6.07 Å². The van der Waals surface area contributed by atoms with E-state index in [1.807, 2.05) is 56.3 Å². The number of rotatable bonds is 11. The van der Waals surface area contributed by atoms with Gasteiger partial charge in [-0.3, -0.25) is 4.79 Å². The predicted octanol–water partition coefficient (Wildman–Crippen LogP) is 7.66. The Morgan fingerprint density at radius 2 is 1.70 bits per heavy atom. The van der Waals surface area contributed by atoms with E-state index in [0.29, 0.717) is 12.2 Å². The summed E-state index contributed by atoms with van der Waals surface area (Å²) in [6.45, 7) is 7.77. The van der Waals surface area contributed by atoms with E-state index in [9.17, 15) is 9.18 Å². The van der Waals surface area contributed by atoms with Crippen molar-refractivity contribution >= 4 is 5.78 Å². The fraction of sp³-hybridized carbons (Fsp3) is 0.345. The van der Waals surface area contributed by atoms with Gasteiger partial charge in [0.2, 0.25) is 0 Å². The van der Waals surface area contributed by atoms with Crippen LogP contribution in [0.3, 0.4) is 0 Å². The van der Waals surface area contributed by atoms with Gasteiger partial charge in [0.25, 0.3) is 0 Å². The molecule has 0 aliphatic rings. The van der Waals surface area contributed by atoms with Crippen molar-refractivity contribution in [1.82, 2.24) is 0 Å². The SMILES string of the molecule is CCC(C)Oc1ccc(C(C)(CCCc2ccc(F)c(Oc3ccccc3)c2)C(C)=O)cc1. The number of ether oxygens (including phenoxy) is 2. The Morgan fingerprint density at radius 1 is 1.00 bits per heavy atom. The predicted molar refractivity (Wildman–Crippen MR) is 131 cm³/mol. The number of hydrogen-bond donors (Lipinski definition) is 0. The third-order valence-corrected chi connectivity index (χ3v) is 6.29. The Bertz CT molecular complexity index is 1050. The second kappa shape index (κ2) is 11.1. The molecule has 2 unspecified atom stereocenters. The van der Waals surface area contributed by atoms with E-state index in [2.05, 4.69) is 6.92 Å². The van der Waals surface area contributed by atoms with Crippen LogP contribution in [0.4, 0.5) is 4.39 Å². The summed E-state index contributed by atoms with van der Waals surface area (Å²) in [5.74, 6) is 1.36. The third-order valence-electron chi connectivity index (χ3n) is 6.29. The molecule has 0 fully saturated rings. The van der Waals surface area contributed by atoms with Crippen molar-refractivity contribution in [1.29, 1.82) is 0 Å². The van der Waals surface area contributed by atoms with E-state index in [0.717, 1.165) is 36.1 Å². The largest absolute Gasteiger partial charge is 0.491 e. The van der Waals surface area contributed by atoms with Gasteiger partial charge >= 0.3 is 0 Å². The first-order valence-corrected chi connectivity index (χ1v) is 11.6. The second-order valence-corrected chi connectivity index (χ2v) is 8.78. The number of hydrogen-bond acceptors (Lipinski definition) is 3. The molecule has 0 bridgehead atoms. The van der Waals surface area contributed by atoms with Gasteiger partial charge in [0.05, 0.1) is 11.5 Å². The average molecular weight is 449 g/mol. The molecule has 0 radical (unpaired) electrons. The van der Waals surface area contributed by atoms with E-state index in [4.69, 9.17) is 9.47 Å². The van der Waals surface area contributed by atoms with E-state index in [1.54, 1.807) is 31.2 Å². The molecule has 3 nitrogen and oxygen atoms in total. The first-order chi connectivity index (χ1) is 15.8. The van der Waals surface area contributed by atoms with Gasteiger partial charge in [0, 0.05) is 0 Å². The van der Waals surface area contributed by atoms with Crippen molar-refractivity contribution in [2.45, 2.75) is 64.9 Å². The summed E-state index contributed by atoms with van der Waals surface area (Å²) in [5.41, 5.74) is 1.38. The first kappa shape index (κ1) is 24.5. The third kappa shape index (κ3) is 6.44. The monoisotopic (exact) mass is 448 g/mol. The second-order valence-electron chi connectivity index (χ2n) is 8.78. The summed E-state index contributed by atoms with van der Waals surface area (Å²) in [7, 11) is 0. The quantitative estimate of drug-likeness (QED) is 0.302. The average Bonchev–Trinajstić information content (AvgIpc) is 2.82. The maximum Gasteiger partial charge on any atom is 0.165 e. The molecule has 0 saturated carbocycles. The molecule has 0 N–H and O–H groups in total. The van der Waals surface area contributed by atoms with Crippen LogP contribution in [0.25, 0.3) is 0 Å². The van der Waals surface area contributed by atoms with Gasteiger partial charge in [0.15, 0.2) is 11.6 Å². The van der Waals surface area contributed by atoms with Crippen LogP contribution < -0.4 is 9.47 Å². The zero-order valence-corrected chi connectivity index (χ0v) is 19.9. The maximum atomic E-state index is 14.2. The van der Waals surface area contributed by atoms with Crippen LogP contribution in [-0.2, 0) is 16.6 Å². The molecule has 0 aliphatic carbocycles. The summed E-state index contributed by atoms with van der Waals surface area (Å²) in [4.78, 5) is 12.6. The number of aryl methyl sites for hydroxylation is 1. The van der Waals surface area contributed by atoms with Crippen molar-refractivity contribution in [2.24, 2.45) is 0 Å². The molecule has 174 valence electrons. The van der Waals surface area contributed by atoms with Crippen molar-refractivity contribution in [3.05, 3.63) is 89.7 Å². The van der Waals surface area contributed by atoms with Gasteiger partial charge in [-0.1, -0.05) is 43.3 Å². The maximum absolute atomic E-state index is 14.2. The van der Waals surface area contributed by atoms with Crippen LogP contribution in [-0.4, -0.2) is 11.9 Å². The minimum absolute atomic E-state index is 0.130. The number of carbonyl (C=O) groups excluding carboxylic acids is 1. The minimum atomic E-state index is -0.585. The molecular formula is C29H33FO3. The number of benzene rings is 3. The van der Waals surface area contributed by atoms with Crippen molar-refractivity contribution in [3.8, 4) is 17.2 Å². The smallest absolute Gasteiger partial charge is 0.165 e. The summed E-state index contributed by atoms with van der Waals surface area (Å²) in [6, 6.07) is 22.0. The molecule has 3 aromatic rings. The summed E-state index contributed by atoms with van der Waals surface area (Å²) in [6.07, 6.45) is 3.30. The number of ketones is 1. The highest BCUT2D eigenvalue weighted by Gasteiger charge is 2.31. The molecule has 0 spiro atoms. The Morgan fingerprint density at radius 3 is 2.33 bits per heavy atom. The lowest BCUT2D eigenvalue weighted by molar-refractivity contribution is -0.122. The van der Waals surface area contributed by atoms with Gasteiger partial charge < -0.3 is 9.47 Å². The van der Waals surface area contributed by atoms with Crippen LogP contribution in [0.1, 0.15) is 58.1 Å². The van der Waals surface area contributed by atoms with Crippen LogP contribution in [0.15, 0.2) is 72.8 Å². The molecule has 2 atom stereocenters. The molecule has 0 aromatic heterocycles. The molecule has 0 amide bonds. The fourth-order valence-corrected chi connectivity index (χ4v) is 3.78. The molecule has 0 heterocycles. The van der Waals surface area contributed by atoms with Gasteiger partial charge in [-0.25, -0.2) is 4.39 Å². The normalized spacial score (nSPS) is 13.7. The van der Waals surface area contributed by atoms with Gasteiger partial charge in [0.1, 0.15) is 17.3 Å². The van der Waals surface area contributed by atoms with Crippen LogP contribution >= 0.6 is 0 Å². The molecule has 0 aliphatic heterocycles. The lowest BCUT2D eigenvalue weighted by atomic mass is 9.75. The van der Waals surface area contributed by atoms with Gasteiger partial charge in [-0.2, -0.15) is 0 Å². The topological polar surface area (TPSA) is 35.5 Å². The highest BCUT2D eigenvalue weighted by atomic mass is 19.1. The molecule has 3 aromatic carbocycles. The molecule has 4 heteroatoms. The molecular weight excluding hydrogens is 415 g/mol. The fourth-order valence-electron chi connectivity index (χ4n) is 3.78. The Hall–Kier alpha value is -3.14. The summed E-state index contributed by atoms with van der Waals surface area (Å²) >= 11 is 0. The standard InChI is InChI=1S/C29H33FO3/c1-5-21(2)32-26-16-14-24(15-17-26)29(4,22(3)31)19-9-10-23-13-18-27(30)28(20-23)33-25-11-7-6-8-12-25/h6-8,11-18,20-21H,5,9-10,19H2,1-4H3. The Kier molecular flexibility index (Phi) is 8.26. The van der Waals surface area contributed by atoms with E-state index < -0.39 is 11.2 Å². The zero-order valence-electron chi connectivity index (χ0n) is 19.9. The minimum Gasteiger partial charge on any atom is -0.491 e. The number of halogens is 1. The number of para-hydroxylation sites is 1. The highest BCUT2D eigenvalue weighted by Crippen LogP contribution is 2.33. The van der Waals surface area contributed by atoms with Crippen LogP contribution in [0.5, 0.6) is 17.2 Å². The van der Waals surface area contributed by atoms with Crippen LogP contribution in [0, 0.1) is 5.82 Å². The molecule has 33 heavy (non-hydrogen) atoms. The van der Waals surface area contributed by atoms with Gasteiger partial charge in [-0.15, -0.1) is 0 Å². The molecule has 0 saturated heterocycles. The Labute approximate surface area is 196 Å². The number of Topliss-reactive ketones (excluding diaryl/α,β-unsaturated/α-hetero) is 1. The first-order valence-electron chi connectivity index (χ1n) is 11.6. The van der Waals surface area contributed by atoms with E-state index >= 15 is 0 Å². The molecule has 3 rings (SSSR count). The lowest BCUT2D eigenvalue weighted by Gasteiger charge is -2.28. The lowest BCUT2D eigenvalue weighted by Crippen LogP contribution is -2.30. The van der Waals surface area contributed by atoms with Crippen molar-refractivity contribution in [3.63, 3.8) is 0 Å². The van der Waals surface area contributed by atoms with Crippen molar-refractivity contribution < 1.29 is 18.7 Å². The Balaban J connectivity index is 1.67. The summed E-state index contributed by atoms with van der Waals surface area (Å²) in [5, 5.41) is 0. The summed E-state index contributed by atoms with van der Waals surface area (Å²) < 4.78 is 25.8.